The SMILES string of the molecule is CCN(CC)CCOc1cccc(C#N)c1. The van der Waals surface area contributed by atoms with Crippen molar-refractivity contribution in [2.75, 3.05) is 26.2 Å². The van der Waals surface area contributed by atoms with E-state index in [0.29, 0.717) is 12.2 Å². The molecule has 3 heteroatoms. The number of rotatable bonds is 6. The average Bonchev–Trinajstić information content (AvgIpc) is 2.35. The van der Waals surface area contributed by atoms with Gasteiger partial charge in [0.2, 0.25) is 0 Å². The minimum atomic E-state index is 0.639. The predicted octanol–water partition coefficient (Wildman–Crippen LogP) is 2.28. The molecule has 1 aromatic rings. The molecule has 0 radical (unpaired) electrons. The molecule has 1 aromatic carbocycles. The van der Waals surface area contributed by atoms with Crippen molar-refractivity contribution in [2.45, 2.75) is 13.8 Å². The Bertz CT molecular complexity index is 353. The van der Waals surface area contributed by atoms with Gasteiger partial charge < -0.3 is 9.64 Å². The normalized spacial score (nSPS) is 10.1. The third-order valence-electron chi connectivity index (χ3n) is 2.53. The van der Waals surface area contributed by atoms with Gasteiger partial charge in [-0.05, 0) is 31.3 Å². The number of nitriles is 1. The molecule has 0 aromatic heterocycles. The molecule has 0 aliphatic carbocycles. The van der Waals surface area contributed by atoms with E-state index in [4.69, 9.17) is 10.00 Å². The highest BCUT2D eigenvalue weighted by Crippen LogP contribution is 2.12. The second-order valence-electron chi connectivity index (χ2n) is 3.51. The molecule has 0 fully saturated rings. The molecule has 3 nitrogen and oxygen atoms in total. The van der Waals surface area contributed by atoms with Gasteiger partial charge in [0.25, 0.3) is 0 Å². The van der Waals surface area contributed by atoms with Gasteiger partial charge in [0.15, 0.2) is 0 Å². The highest BCUT2D eigenvalue weighted by Gasteiger charge is 2.00. The topological polar surface area (TPSA) is 36.3 Å². The van der Waals surface area contributed by atoms with Crippen LogP contribution >= 0.6 is 0 Å². The van der Waals surface area contributed by atoms with Crippen molar-refractivity contribution in [3.63, 3.8) is 0 Å². The fraction of sp³-hybridized carbons (Fsp3) is 0.462. The second-order valence-corrected chi connectivity index (χ2v) is 3.51. The molecule has 0 unspecified atom stereocenters. The quantitative estimate of drug-likeness (QED) is 0.735. The summed E-state index contributed by atoms with van der Waals surface area (Å²) in [5.41, 5.74) is 0.639. The maximum Gasteiger partial charge on any atom is 0.120 e. The van der Waals surface area contributed by atoms with Crippen molar-refractivity contribution in [3.8, 4) is 11.8 Å². The zero-order valence-corrected chi connectivity index (χ0v) is 9.94. The summed E-state index contributed by atoms with van der Waals surface area (Å²) in [6.45, 7) is 7.94. The Morgan fingerprint density at radius 2 is 2.06 bits per heavy atom. The first-order valence-electron chi connectivity index (χ1n) is 5.65. The molecule has 86 valence electrons. The van der Waals surface area contributed by atoms with Crippen molar-refractivity contribution in [1.29, 1.82) is 5.26 Å². The first-order valence-corrected chi connectivity index (χ1v) is 5.65. The van der Waals surface area contributed by atoms with Crippen LogP contribution in [0.2, 0.25) is 0 Å². The van der Waals surface area contributed by atoms with Crippen LogP contribution in [0.25, 0.3) is 0 Å². The van der Waals surface area contributed by atoms with Gasteiger partial charge >= 0.3 is 0 Å². The smallest absolute Gasteiger partial charge is 0.120 e. The van der Waals surface area contributed by atoms with Crippen LogP contribution in [-0.4, -0.2) is 31.1 Å². The van der Waals surface area contributed by atoms with E-state index < -0.39 is 0 Å². The van der Waals surface area contributed by atoms with Gasteiger partial charge in [-0.2, -0.15) is 5.26 Å². The van der Waals surface area contributed by atoms with Gasteiger partial charge in [0.05, 0.1) is 11.6 Å². The van der Waals surface area contributed by atoms with E-state index in [1.807, 2.05) is 12.1 Å². The summed E-state index contributed by atoms with van der Waals surface area (Å²) in [5, 5.41) is 8.74. The molecule has 0 saturated carbocycles. The van der Waals surface area contributed by atoms with Gasteiger partial charge in [-0.15, -0.1) is 0 Å². The summed E-state index contributed by atoms with van der Waals surface area (Å²) >= 11 is 0. The van der Waals surface area contributed by atoms with Crippen molar-refractivity contribution >= 4 is 0 Å². The van der Waals surface area contributed by atoms with Crippen LogP contribution in [0.15, 0.2) is 24.3 Å². The monoisotopic (exact) mass is 218 g/mol. The molecular formula is C13H18N2O. The van der Waals surface area contributed by atoms with Crippen LogP contribution in [0, 0.1) is 11.3 Å². The minimum Gasteiger partial charge on any atom is -0.492 e. The first kappa shape index (κ1) is 12.5. The lowest BCUT2D eigenvalue weighted by Gasteiger charge is -2.17. The van der Waals surface area contributed by atoms with Crippen LogP contribution in [0.3, 0.4) is 0 Å². The van der Waals surface area contributed by atoms with E-state index in [2.05, 4.69) is 24.8 Å². The Balaban J connectivity index is 2.40. The Kier molecular flexibility index (Phi) is 5.38. The van der Waals surface area contributed by atoms with Gasteiger partial charge in [-0.3, -0.25) is 0 Å². The molecule has 0 saturated heterocycles. The van der Waals surface area contributed by atoms with Crippen LogP contribution in [0.5, 0.6) is 5.75 Å². The highest BCUT2D eigenvalue weighted by molar-refractivity contribution is 5.36. The second kappa shape index (κ2) is 6.86. The third kappa shape index (κ3) is 3.92. The Labute approximate surface area is 97.3 Å². The summed E-state index contributed by atoms with van der Waals surface area (Å²) in [7, 11) is 0. The van der Waals surface area contributed by atoms with Gasteiger partial charge in [0, 0.05) is 6.54 Å². The third-order valence-corrected chi connectivity index (χ3v) is 2.53. The zero-order chi connectivity index (χ0) is 11.8. The molecule has 0 heterocycles. The van der Waals surface area contributed by atoms with E-state index in [9.17, 15) is 0 Å². The fourth-order valence-corrected chi connectivity index (χ4v) is 1.49. The summed E-state index contributed by atoms with van der Waals surface area (Å²) in [6, 6.07) is 9.36. The summed E-state index contributed by atoms with van der Waals surface area (Å²) in [6.07, 6.45) is 0. The molecule has 0 aliphatic heterocycles. The number of hydrogen-bond donors (Lipinski definition) is 0. The largest absolute Gasteiger partial charge is 0.492 e. The lowest BCUT2D eigenvalue weighted by atomic mass is 10.2. The van der Waals surface area contributed by atoms with E-state index in [1.165, 1.54) is 0 Å². The molecule has 0 aliphatic rings. The van der Waals surface area contributed by atoms with E-state index >= 15 is 0 Å². The van der Waals surface area contributed by atoms with Crippen molar-refractivity contribution < 1.29 is 4.74 Å². The molecule has 0 amide bonds. The molecular weight excluding hydrogens is 200 g/mol. The lowest BCUT2D eigenvalue weighted by molar-refractivity contribution is 0.223. The maximum atomic E-state index is 8.74. The van der Waals surface area contributed by atoms with Crippen molar-refractivity contribution in [1.82, 2.24) is 4.90 Å². The summed E-state index contributed by atoms with van der Waals surface area (Å²) in [5.74, 6) is 0.770. The number of ether oxygens (including phenoxy) is 1. The van der Waals surface area contributed by atoms with E-state index in [1.54, 1.807) is 12.1 Å². The van der Waals surface area contributed by atoms with Gasteiger partial charge in [-0.1, -0.05) is 19.9 Å². The standard InChI is InChI=1S/C13H18N2O/c1-3-15(4-2)8-9-16-13-7-5-6-12(10-13)11-14/h5-7,10H,3-4,8-9H2,1-2H3. The predicted molar refractivity (Wildman–Crippen MR) is 64.4 cm³/mol. The first-order chi connectivity index (χ1) is 7.80. The Morgan fingerprint density at radius 1 is 1.31 bits per heavy atom. The summed E-state index contributed by atoms with van der Waals surface area (Å²) in [4.78, 5) is 2.30. The minimum absolute atomic E-state index is 0.639. The zero-order valence-electron chi connectivity index (χ0n) is 9.94. The summed E-state index contributed by atoms with van der Waals surface area (Å²) < 4.78 is 5.59. The van der Waals surface area contributed by atoms with Crippen LogP contribution < -0.4 is 4.74 Å². The average molecular weight is 218 g/mol. The Morgan fingerprint density at radius 3 is 2.69 bits per heavy atom. The maximum absolute atomic E-state index is 8.74. The van der Waals surface area contributed by atoms with Crippen LogP contribution in [0.4, 0.5) is 0 Å². The Hall–Kier alpha value is -1.53. The van der Waals surface area contributed by atoms with Crippen LogP contribution in [-0.2, 0) is 0 Å². The number of likely N-dealkylation sites (N-methyl/N-ethyl adjacent to an activating group) is 1. The van der Waals surface area contributed by atoms with Gasteiger partial charge in [-0.25, -0.2) is 0 Å². The molecule has 0 bridgehead atoms. The molecule has 0 atom stereocenters. The van der Waals surface area contributed by atoms with E-state index in [-0.39, 0.29) is 0 Å². The fourth-order valence-electron chi connectivity index (χ4n) is 1.49. The highest BCUT2D eigenvalue weighted by atomic mass is 16.5. The molecule has 1 rings (SSSR count). The number of benzene rings is 1. The van der Waals surface area contributed by atoms with Gasteiger partial charge in [0.1, 0.15) is 12.4 Å². The van der Waals surface area contributed by atoms with Crippen molar-refractivity contribution in [3.05, 3.63) is 29.8 Å². The van der Waals surface area contributed by atoms with E-state index in [0.717, 1.165) is 25.4 Å². The number of hydrogen-bond acceptors (Lipinski definition) is 3. The lowest BCUT2D eigenvalue weighted by Crippen LogP contribution is -2.27. The molecule has 0 N–H and O–H groups in total. The number of nitrogens with zero attached hydrogens (tertiary/aromatic N) is 2. The molecule has 16 heavy (non-hydrogen) atoms. The van der Waals surface area contributed by atoms with Crippen LogP contribution in [0.1, 0.15) is 19.4 Å². The molecule has 0 spiro atoms. The van der Waals surface area contributed by atoms with Crippen molar-refractivity contribution in [2.24, 2.45) is 0 Å².